The Balaban J connectivity index is 0.000000409. The van der Waals surface area contributed by atoms with Crippen LogP contribution in [-0.2, 0) is 4.79 Å². The first-order valence-electron chi connectivity index (χ1n) is 10.1. The molecule has 1 unspecified atom stereocenters. The maximum absolute atomic E-state index is 9.53. The van der Waals surface area contributed by atoms with Gasteiger partial charge in [-0.15, -0.1) is 0 Å². The van der Waals surface area contributed by atoms with Crippen molar-refractivity contribution in [2.75, 3.05) is 50.9 Å². The third-order valence-electron chi connectivity index (χ3n) is 4.86. The minimum absolute atomic E-state index is 0.656. The summed E-state index contributed by atoms with van der Waals surface area (Å²) in [5.74, 6) is 0.818. The zero-order valence-electron chi connectivity index (χ0n) is 17.2. The Morgan fingerprint density at radius 3 is 2.50 bits per heavy atom. The number of unbranched alkanes of at least 4 members (excludes halogenated alkanes) is 1. The van der Waals surface area contributed by atoms with E-state index >= 15 is 0 Å². The van der Waals surface area contributed by atoms with Gasteiger partial charge in [-0.2, -0.15) is 12.6 Å². The number of benzene rings is 1. The molecule has 0 radical (unpaired) electrons. The van der Waals surface area contributed by atoms with Gasteiger partial charge in [-0.3, -0.25) is 4.90 Å². The van der Waals surface area contributed by atoms with Gasteiger partial charge in [0, 0.05) is 43.4 Å². The van der Waals surface area contributed by atoms with Gasteiger partial charge < -0.3 is 14.6 Å². The summed E-state index contributed by atoms with van der Waals surface area (Å²) < 4.78 is 0. The van der Waals surface area contributed by atoms with E-state index < -0.39 is 0 Å². The molecule has 1 aromatic rings. The van der Waals surface area contributed by atoms with Gasteiger partial charge >= 0.3 is 0 Å². The Kier molecular flexibility index (Phi) is 10.1. The SMILES string of the molecule is CN1CCCN(c2ccc(/C=C/C3=C[NH+](C)C=C3)cc2)CC1.O=CCCCS. The van der Waals surface area contributed by atoms with Crippen molar-refractivity contribution >= 4 is 30.7 Å². The topological polar surface area (TPSA) is 28.0 Å². The van der Waals surface area contributed by atoms with E-state index in [1.54, 1.807) is 0 Å². The van der Waals surface area contributed by atoms with Gasteiger partial charge in [-0.05, 0) is 56.0 Å². The van der Waals surface area contributed by atoms with Crippen molar-refractivity contribution in [1.82, 2.24) is 4.90 Å². The Labute approximate surface area is 175 Å². The number of anilines is 1. The lowest BCUT2D eigenvalue weighted by atomic mass is 10.1. The van der Waals surface area contributed by atoms with E-state index in [1.165, 1.54) is 34.7 Å². The summed E-state index contributed by atoms with van der Waals surface area (Å²) >= 11 is 3.90. The summed E-state index contributed by atoms with van der Waals surface area (Å²) in [5, 5.41) is 0. The second-order valence-electron chi connectivity index (χ2n) is 7.32. The van der Waals surface area contributed by atoms with Crippen LogP contribution < -0.4 is 9.80 Å². The predicted molar refractivity (Wildman–Crippen MR) is 123 cm³/mol. The van der Waals surface area contributed by atoms with Crippen LogP contribution in [0.2, 0.25) is 0 Å². The van der Waals surface area contributed by atoms with Gasteiger partial charge in [0.05, 0.1) is 13.2 Å². The van der Waals surface area contributed by atoms with Crippen LogP contribution in [0.25, 0.3) is 6.08 Å². The van der Waals surface area contributed by atoms with Crippen LogP contribution in [0.3, 0.4) is 0 Å². The number of hydrogen-bond donors (Lipinski definition) is 2. The van der Waals surface area contributed by atoms with Gasteiger partial charge in [0.2, 0.25) is 0 Å². The summed E-state index contributed by atoms with van der Waals surface area (Å²) in [6.07, 6.45) is 14.6. The smallest absolute Gasteiger partial charge is 0.120 e. The van der Waals surface area contributed by atoms with Crippen molar-refractivity contribution in [2.45, 2.75) is 19.3 Å². The molecule has 1 fully saturated rings. The molecule has 28 heavy (non-hydrogen) atoms. The van der Waals surface area contributed by atoms with Gasteiger partial charge in [-0.1, -0.05) is 18.2 Å². The lowest BCUT2D eigenvalue weighted by Crippen LogP contribution is -2.98. The van der Waals surface area contributed by atoms with Crippen LogP contribution in [0.4, 0.5) is 5.69 Å². The molecule has 4 nitrogen and oxygen atoms in total. The molecule has 0 bridgehead atoms. The molecule has 0 saturated carbocycles. The number of likely N-dealkylation sites (N-methyl/N-ethyl adjacent to an activating group) is 1. The normalized spacial score (nSPS) is 19.9. The average Bonchev–Trinajstić information content (AvgIpc) is 3.01. The van der Waals surface area contributed by atoms with E-state index in [0.717, 1.165) is 38.1 Å². The predicted octanol–water partition coefficient (Wildman–Crippen LogP) is 2.66. The number of hydrogen-bond acceptors (Lipinski definition) is 4. The minimum Gasteiger partial charge on any atom is -0.370 e. The molecule has 2 aliphatic rings. The first kappa shape index (κ1) is 22.5. The van der Waals surface area contributed by atoms with Gasteiger partial charge in [-0.25, -0.2) is 0 Å². The lowest BCUT2D eigenvalue weighted by Gasteiger charge is -2.22. The first-order valence-corrected chi connectivity index (χ1v) is 10.7. The number of quaternary nitrogens is 1. The van der Waals surface area contributed by atoms with Crippen LogP contribution in [0.15, 0.2) is 54.4 Å². The van der Waals surface area contributed by atoms with Crippen LogP contribution in [0, 0.1) is 0 Å². The molecular weight excluding hydrogens is 366 g/mol. The summed E-state index contributed by atoms with van der Waals surface area (Å²) in [7, 11) is 4.34. The maximum atomic E-state index is 9.53. The number of carbonyl (C=O) groups is 1. The third-order valence-corrected chi connectivity index (χ3v) is 5.18. The molecule has 5 heteroatoms. The number of rotatable bonds is 6. The lowest BCUT2D eigenvalue weighted by molar-refractivity contribution is -0.763. The highest BCUT2D eigenvalue weighted by Crippen LogP contribution is 2.18. The van der Waals surface area contributed by atoms with Crippen molar-refractivity contribution in [3.05, 3.63) is 60.0 Å². The highest BCUT2D eigenvalue weighted by molar-refractivity contribution is 7.80. The number of aldehydes is 1. The molecule has 1 saturated heterocycles. The van der Waals surface area contributed by atoms with Crippen LogP contribution in [0.5, 0.6) is 0 Å². The van der Waals surface area contributed by atoms with Crippen LogP contribution >= 0.6 is 12.6 Å². The molecule has 0 aliphatic carbocycles. The number of carbonyl (C=O) groups excluding carboxylic acids is 1. The summed E-state index contributed by atoms with van der Waals surface area (Å²) in [4.78, 5) is 15.8. The molecule has 1 N–H and O–H groups in total. The molecule has 2 aliphatic heterocycles. The number of thiol groups is 1. The highest BCUT2D eigenvalue weighted by atomic mass is 32.1. The summed E-state index contributed by atoms with van der Waals surface area (Å²) in [6, 6.07) is 8.94. The minimum atomic E-state index is 0.656. The molecule has 3 rings (SSSR count). The molecule has 152 valence electrons. The summed E-state index contributed by atoms with van der Waals surface area (Å²) in [6.45, 7) is 4.64. The van der Waals surface area contributed by atoms with Gasteiger partial charge in [0.25, 0.3) is 0 Å². The molecular formula is C23H34N3OS+. The van der Waals surface area contributed by atoms with E-state index in [4.69, 9.17) is 0 Å². The maximum Gasteiger partial charge on any atom is 0.120 e. The fourth-order valence-corrected chi connectivity index (χ4v) is 3.34. The molecule has 0 spiro atoms. The van der Waals surface area contributed by atoms with Gasteiger partial charge in [0.1, 0.15) is 12.5 Å². The number of allylic oxidation sites excluding steroid dienone is 3. The Morgan fingerprint density at radius 1 is 1.11 bits per heavy atom. The third kappa shape index (κ3) is 8.05. The summed E-state index contributed by atoms with van der Waals surface area (Å²) in [5.41, 5.74) is 3.88. The van der Waals surface area contributed by atoms with E-state index in [9.17, 15) is 4.79 Å². The molecule has 1 aromatic carbocycles. The van der Waals surface area contributed by atoms with Crippen molar-refractivity contribution in [3.8, 4) is 0 Å². The number of nitrogens with zero attached hydrogens (tertiary/aromatic N) is 2. The molecule has 1 atom stereocenters. The zero-order chi connectivity index (χ0) is 20.2. The van der Waals surface area contributed by atoms with E-state index in [0.29, 0.717) is 6.42 Å². The van der Waals surface area contributed by atoms with Gasteiger partial charge in [0.15, 0.2) is 0 Å². The highest BCUT2D eigenvalue weighted by Gasteiger charge is 2.12. The Morgan fingerprint density at radius 2 is 1.89 bits per heavy atom. The fraction of sp³-hybridized carbons (Fsp3) is 0.435. The quantitative estimate of drug-likeness (QED) is 0.437. The Hall–Kier alpha value is -1.82. The van der Waals surface area contributed by atoms with E-state index in [2.05, 4.69) is 91.4 Å². The fourth-order valence-electron chi connectivity index (χ4n) is 3.16. The van der Waals surface area contributed by atoms with E-state index in [1.807, 2.05) is 0 Å². The van der Waals surface area contributed by atoms with Crippen molar-refractivity contribution < 1.29 is 9.69 Å². The van der Waals surface area contributed by atoms with Crippen molar-refractivity contribution in [1.29, 1.82) is 0 Å². The van der Waals surface area contributed by atoms with Crippen molar-refractivity contribution in [3.63, 3.8) is 0 Å². The molecule has 0 aromatic heterocycles. The average molecular weight is 401 g/mol. The second-order valence-corrected chi connectivity index (χ2v) is 7.77. The second kappa shape index (κ2) is 12.6. The monoisotopic (exact) mass is 400 g/mol. The Bertz CT molecular complexity index is 682. The van der Waals surface area contributed by atoms with Crippen LogP contribution in [0.1, 0.15) is 24.8 Å². The van der Waals surface area contributed by atoms with Crippen molar-refractivity contribution in [2.24, 2.45) is 0 Å². The molecule has 2 heterocycles. The standard InChI is InChI=1S/C19H25N3.C4H8OS/c1-20-11-3-12-22(15-14-20)19-8-6-17(7-9-19)4-5-18-10-13-21(2)16-18;5-3-1-2-4-6/h4-10,13,16H,3,11-12,14-15H2,1-2H3;3,6H,1-2,4H2/p+1/b5-4+;. The van der Waals surface area contributed by atoms with Crippen LogP contribution in [-0.4, -0.2) is 57.2 Å². The largest absolute Gasteiger partial charge is 0.370 e. The van der Waals surface area contributed by atoms with E-state index in [-0.39, 0.29) is 0 Å². The zero-order valence-corrected chi connectivity index (χ0v) is 18.1. The molecule has 0 amide bonds. The first-order chi connectivity index (χ1) is 13.6. The number of nitrogens with one attached hydrogen (secondary N) is 1.